The summed E-state index contributed by atoms with van der Waals surface area (Å²) >= 11 is 1.01. The Bertz CT molecular complexity index is 265. The number of aliphatic hydroxyl groups is 1. The smallest absolute Gasteiger partial charge is 0.140 e. The number of thioether (sulfide) groups is 1. The van der Waals surface area contributed by atoms with E-state index >= 15 is 0 Å². The topological polar surface area (TPSA) is 20.2 Å². The summed E-state index contributed by atoms with van der Waals surface area (Å²) in [7, 11) is 0. The van der Waals surface area contributed by atoms with Crippen LogP contribution in [-0.4, -0.2) is 11.4 Å². The van der Waals surface area contributed by atoms with Crippen LogP contribution in [0.25, 0.3) is 0 Å². The van der Waals surface area contributed by atoms with Crippen LogP contribution in [0.1, 0.15) is 5.56 Å². The fraction of sp³-hybridized carbons (Fsp3) is 0.250. The van der Waals surface area contributed by atoms with Gasteiger partial charge in [-0.2, -0.15) is 0 Å². The Hall–Kier alpha value is -0.610. The van der Waals surface area contributed by atoms with Crippen molar-refractivity contribution in [1.82, 2.24) is 0 Å². The maximum absolute atomic E-state index is 12.9. The average molecular weight is 190 g/mol. The van der Waals surface area contributed by atoms with Gasteiger partial charge >= 0.3 is 0 Å². The molecule has 0 aliphatic heterocycles. The Balaban J connectivity index is 3.18. The van der Waals surface area contributed by atoms with Crippen molar-refractivity contribution < 1.29 is 13.9 Å². The summed E-state index contributed by atoms with van der Waals surface area (Å²) in [6, 6.07) is 2.27. The standard InChI is InChI=1S/C8H8F2OS/c1-12-8-6(9)2-5(4-11)3-7(8)10/h2-3,11H,4H2,1H3. The molecule has 0 aromatic heterocycles. The molecular weight excluding hydrogens is 182 g/mol. The van der Waals surface area contributed by atoms with E-state index in [4.69, 9.17) is 5.11 Å². The highest BCUT2D eigenvalue weighted by atomic mass is 32.2. The zero-order valence-electron chi connectivity index (χ0n) is 6.47. The molecule has 1 N–H and O–H groups in total. The number of halogens is 2. The molecule has 0 amide bonds. The van der Waals surface area contributed by atoms with E-state index in [1.165, 1.54) is 0 Å². The van der Waals surface area contributed by atoms with Crippen LogP contribution in [-0.2, 0) is 6.61 Å². The minimum Gasteiger partial charge on any atom is -0.392 e. The van der Waals surface area contributed by atoms with Gasteiger partial charge in [-0.05, 0) is 24.0 Å². The summed E-state index contributed by atoms with van der Waals surface area (Å²) in [5, 5.41) is 8.61. The third kappa shape index (κ3) is 1.76. The number of hydrogen-bond donors (Lipinski definition) is 1. The van der Waals surface area contributed by atoms with Crippen LogP contribution in [0.5, 0.6) is 0 Å². The van der Waals surface area contributed by atoms with E-state index < -0.39 is 11.6 Å². The van der Waals surface area contributed by atoms with E-state index in [0.29, 0.717) is 0 Å². The lowest BCUT2D eigenvalue weighted by atomic mass is 10.2. The summed E-state index contributed by atoms with van der Waals surface area (Å²) in [6.45, 7) is -0.345. The van der Waals surface area contributed by atoms with Crippen LogP contribution in [0.15, 0.2) is 17.0 Å². The van der Waals surface area contributed by atoms with Gasteiger partial charge in [-0.15, -0.1) is 11.8 Å². The lowest BCUT2D eigenvalue weighted by Crippen LogP contribution is -1.92. The normalized spacial score (nSPS) is 10.3. The van der Waals surface area contributed by atoms with E-state index in [0.717, 1.165) is 23.9 Å². The minimum atomic E-state index is -0.619. The molecule has 12 heavy (non-hydrogen) atoms. The van der Waals surface area contributed by atoms with Crippen molar-refractivity contribution in [2.45, 2.75) is 11.5 Å². The number of aliphatic hydroxyl groups excluding tert-OH is 1. The predicted molar refractivity (Wildman–Crippen MR) is 44.1 cm³/mol. The highest BCUT2D eigenvalue weighted by Gasteiger charge is 2.08. The average Bonchev–Trinajstić information content (AvgIpc) is 2.03. The first-order valence-corrected chi connectivity index (χ1v) is 4.54. The van der Waals surface area contributed by atoms with Gasteiger partial charge in [0, 0.05) is 0 Å². The Morgan fingerprint density at radius 3 is 2.17 bits per heavy atom. The molecule has 0 spiro atoms. The van der Waals surface area contributed by atoms with Gasteiger partial charge < -0.3 is 5.11 Å². The number of benzene rings is 1. The zero-order chi connectivity index (χ0) is 9.14. The van der Waals surface area contributed by atoms with Crippen molar-refractivity contribution in [3.8, 4) is 0 Å². The highest BCUT2D eigenvalue weighted by Crippen LogP contribution is 2.23. The van der Waals surface area contributed by atoms with E-state index in [1.807, 2.05) is 0 Å². The summed E-state index contributed by atoms with van der Waals surface area (Å²) < 4.78 is 25.9. The first-order valence-electron chi connectivity index (χ1n) is 3.31. The lowest BCUT2D eigenvalue weighted by Gasteiger charge is -2.03. The molecule has 1 aromatic carbocycles. The largest absolute Gasteiger partial charge is 0.392 e. The molecule has 0 radical (unpaired) electrons. The second-order valence-electron chi connectivity index (χ2n) is 2.25. The van der Waals surface area contributed by atoms with Crippen molar-refractivity contribution >= 4 is 11.8 Å². The maximum atomic E-state index is 12.9. The number of hydrogen-bond acceptors (Lipinski definition) is 2. The third-order valence-electron chi connectivity index (χ3n) is 1.44. The predicted octanol–water partition coefficient (Wildman–Crippen LogP) is 2.18. The molecule has 0 aliphatic rings. The molecule has 0 atom stereocenters. The molecule has 0 aliphatic carbocycles. The van der Waals surface area contributed by atoms with Gasteiger partial charge in [0.2, 0.25) is 0 Å². The monoisotopic (exact) mass is 190 g/mol. The van der Waals surface area contributed by atoms with Gasteiger partial charge in [-0.3, -0.25) is 0 Å². The molecule has 0 saturated carbocycles. The fourth-order valence-corrected chi connectivity index (χ4v) is 1.41. The second-order valence-corrected chi connectivity index (χ2v) is 3.07. The lowest BCUT2D eigenvalue weighted by molar-refractivity contribution is 0.280. The molecular formula is C8H8F2OS. The van der Waals surface area contributed by atoms with E-state index in [2.05, 4.69) is 0 Å². The van der Waals surface area contributed by atoms with Crippen LogP contribution >= 0.6 is 11.8 Å². The van der Waals surface area contributed by atoms with Crippen LogP contribution < -0.4 is 0 Å². The zero-order valence-corrected chi connectivity index (χ0v) is 7.29. The number of rotatable bonds is 2. The first kappa shape index (κ1) is 9.48. The Kier molecular flexibility index (Phi) is 3.05. The van der Waals surface area contributed by atoms with Crippen LogP contribution in [0.3, 0.4) is 0 Å². The SMILES string of the molecule is CSc1c(F)cc(CO)cc1F. The van der Waals surface area contributed by atoms with Gasteiger partial charge in [0.15, 0.2) is 0 Å². The fourth-order valence-electron chi connectivity index (χ4n) is 0.899. The van der Waals surface area contributed by atoms with E-state index in [9.17, 15) is 8.78 Å². The Morgan fingerprint density at radius 1 is 1.33 bits per heavy atom. The molecule has 0 bridgehead atoms. The van der Waals surface area contributed by atoms with E-state index in [1.54, 1.807) is 6.26 Å². The van der Waals surface area contributed by atoms with Gasteiger partial charge in [0.25, 0.3) is 0 Å². The Labute approximate surface area is 73.4 Å². The van der Waals surface area contributed by atoms with Crippen LogP contribution in [0.2, 0.25) is 0 Å². The second kappa shape index (κ2) is 3.87. The van der Waals surface area contributed by atoms with Crippen molar-refractivity contribution in [3.63, 3.8) is 0 Å². The van der Waals surface area contributed by atoms with Crippen molar-refractivity contribution in [2.75, 3.05) is 6.26 Å². The van der Waals surface area contributed by atoms with Gasteiger partial charge in [-0.25, -0.2) is 8.78 Å². The van der Waals surface area contributed by atoms with Crippen molar-refractivity contribution in [1.29, 1.82) is 0 Å². The summed E-state index contributed by atoms with van der Waals surface area (Å²) in [5.74, 6) is -1.24. The van der Waals surface area contributed by atoms with Gasteiger partial charge in [0.1, 0.15) is 11.6 Å². The molecule has 1 aromatic rings. The van der Waals surface area contributed by atoms with Gasteiger partial charge in [0.05, 0.1) is 11.5 Å². The molecule has 0 heterocycles. The Morgan fingerprint density at radius 2 is 1.83 bits per heavy atom. The van der Waals surface area contributed by atoms with Crippen LogP contribution in [0.4, 0.5) is 8.78 Å². The van der Waals surface area contributed by atoms with Crippen molar-refractivity contribution in [2.24, 2.45) is 0 Å². The van der Waals surface area contributed by atoms with Crippen LogP contribution in [0, 0.1) is 11.6 Å². The third-order valence-corrected chi connectivity index (χ3v) is 2.24. The molecule has 66 valence electrons. The molecule has 1 rings (SSSR count). The van der Waals surface area contributed by atoms with E-state index in [-0.39, 0.29) is 17.1 Å². The molecule has 1 nitrogen and oxygen atoms in total. The summed E-state index contributed by atoms with van der Waals surface area (Å²) in [5.41, 5.74) is 0.253. The summed E-state index contributed by atoms with van der Waals surface area (Å²) in [6.07, 6.45) is 1.60. The minimum absolute atomic E-state index is 0.00722. The molecule has 0 fully saturated rings. The molecule has 4 heteroatoms. The highest BCUT2D eigenvalue weighted by molar-refractivity contribution is 7.98. The molecule has 0 saturated heterocycles. The first-order chi connectivity index (χ1) is 5.69. The van der Waals surface area contributed by atoms with Gasteiger partial charge in [-0.1, -0.05) is 0 Å². The van der Waals surface area contributed by atoms with Crippen molar-refractivity contribution in [3.05, 3.63) is 29.3 Å². The summed E-state index contributed by atoms with van der Waals surface area (Å²) in [4.78, 5) is -0.00722. The molecule has 0 unspecified atom stereocenters. The quantitative estimate of drug-likeness (QED) is 0.721. The maximum Gasteiger partial charge on any atom is 0.140 e.